The van der Waals surface area contributed by atoms with Gasteiger partial charge in [0, 0.05) is 20.7 Å². The number of aromatic nitrogens is 1. The summed E-state index contributed by atoms with van der Waals surface area (Å²) in [7, 11) is 0. The van der Waals surface area contributed by atoms with E-state index in [-0.39, 0.29) is 0 Å². The summed E-state index contributed by atoms with van der Waals surface area (Å²) in [6.45, 7) is 0. The van der Waals surface area contributed by atoms with Crippen molar-refractivity contribution in [3.63, 3.8) is 0 Å². The van der Waals surface area contributed by atoms with Crippen LogP contribution in [0.15, 0.2) is 54.7 Å². The SMILES string of the molecule is FC(F)(F)c1ccc(-c2ncc3ccccc3c2I)cc1. The molecule has 0 aliphatic heterocycles. The molecule has 0 saturated heterocycles. The summed E-state index contributed by atoms with van der Waals surface area (Å²) < 4.78 is 38.7. The first kappa shape index (κ1) is 14.3. The van der Waals surface area contributed by atoms with Crippen molar-refractivity contribution < 1.29 is 13.2 Å². The second-order valence-corrected chi connectivity index (χ2v) is 5.66. The van der Waals surface area contributed by atoms with Gasteiger partial charge in [-0.1, -0.05) is 36.4 Å². The lowest BCUT2D eigenvalue weighted by Gasteiger charge is -2.10. The third kappa shape index (κ3) is 2.74. The van der Waals surface area contributed by atoms with E-state index in [0.29, 0.717) is 11.3 Å². The third-order valence-electron chi connectivity index (χ3n) is 3.22. The molecule has 0 N–H and O–H groups in total. The molecule has 0 spiro atoms. The molecule has 3 rings (SSSR count). The number of fused-ring (bicyclic) bond motifs is 1. The molecule has 0 unspecified atom stereocenters. The molecule has 106 valence electrons. The molecule has 1 aromatic heterocycles. The van der Waals surface area contributed by atoms with E-state index in [9.17, 15) is 13.2 Å². The number of rotatable bonds is 1. The van der Waals surface area contributed by atoms with Crippen LogP contribution in [0.1, 0.15) is 5.56 Å². The number of nitrogens with zero attached hydrogens (tertiary/aromatic N) is 1. The third-order valence-corrected chi connectivity index (χ3v) is 4.32. The Labute approximate surface area is 133 Å². The predicted molar refractivity (Wildman–Crippen MR) is 84.9 cm³/mol. The molecule has 21 heavy (non-hydrogen) atoms. The fraction of sp³-hybridized carbons (Fsp3) is 0.0625. The van der Waals surface area contributed by atoms with E-state index in [4.69, 9.17) is 0 Å². The normalized spacial score (nSPS) is 11.8. The molecule has 0 aliphatic carbocycles. The van der Waals surface area contributed by atoms with Gasteiger partial charge in [-0.2, -0.15) is 13.2 Å². The number of halogens is 4. The highest BCUT2D eigenvalue weighted by atomic mass is 127. The van der Waals surface area contributed by atoms with Crippen molar-refractivity contribution in [3.8, 4) is 11.3 Å². The van der Waals surface area contributed by atoms with Crippen LogP contribution in [0.3, 0.4) is 0 Å². The summed E-state index contributed by atoms with van der Waals surface area (Å²) in [5, 5.41) is 2.06. The Bertz CT molecular complexity index is 795. The van der Waals surface area contributed by atoms with Crippen molar-refractivity contribution in [2.45, 2.75) is 6.18 Å². The summed E-state index contributed by atoms with van der Waals surface area (Å²) in [6, 6.07) is 12.9. The Morgan fingerprint density at radius 3 is 2.24 bits per heavy atom. The molecule has 1 heterocycles. The van der Waals surface area contributed by atoms with Gasteiger partial charge < -0.3 is 0 Å². The van der Waals surface area contributed by atoms with Gasteiger partial charge in [0.25, 0.3) is 0 Å². The first-order chi connectivity index (χ1) is 9.97. The minimum atomic E-state index is -4.32. The molecule has 2 aromatic carbocycles. The Morgan fingerprint density at radius 2 is 1.57 bits per heavy atom. The molecule has 5 heteroatoms. The van der Waals surface area contributed by atoms with Gasteiger partial charge in [0.1, 0.15) is 0 Å². The van der Waals surface area contributed by atoms with Crippen LogP contribution in [0, 0.1) is 3.57 Å². The minimum absolute atomic E-state index is 0.651. The summed E-state index contributed by atoms with van der Waals surface area (Å²) in [5.74, 6) is 0. The highest BCUT2D eigenvalue weighted by molar-refractivity contribution is 14.1. The van der Waals surface area contributed by atoms with Gasteiger partial charge in [-0.05, 0) is 40.1 Å². The number of hydrogen-bond acceptors (Lipinski definition) is 1. The van der Waals surface area contributed by atoms with Gasteiger partial charge in [-0.3, -0.25) is 4.98 Å². The minimum Gasteiger partial charge on any atom is -0.254 e. The lowest BCUT2D eigenvalue weighted by atomic mass is 10.1. The van der Waals surface area contributed by atoms with Gasteiger partial charge >= 0.3 is 6.18 Å². The zero-order chi connectivity index (χ0) is 15.0. The van der Waals surface area contributed by atoms with Crippen LogP contribution in [0.4, 0.5) is 13.2 Å². The van der Waals surface area contributed by atoms with E-state index in [0.717, 1.165) is 26.5 Å². The van der Waals surface area contributed by atoms with E-state index in [1.165, 1.54) is 12.1 Å². The number of alkyl halides is 3. The van der Waals surface area contributed by atoms with Gasteiger partial charge in [-0.25, -0.2) is 0 Å². The average Bonchev–Trinajstić information content (AvgIpc) is 2.47. The molecule has 0 aliphatic rings. The largest absolute Gasteiger partial charge is 0.416 e. The standard InChI is InChI=1S/C16H9F3IN/c17-16(18,19)12-7-5-10(6-8-12)15-14(20)13-4-2-1-3-11(13)9-21-15/h1-9H. The first-order valence-corrected chi connectivity index (χ1v) is 7.25. The lowest BCUT2D eigenvalue weighted by Crippen LogP contribution is -2.04. The van der Waals surface area contributed by atoms with E-state index in [1.807, 2.05) is 24.3 Å². The van der Waals surface area contributed by atoms with Crippen molar-refractivity contribution in [3.05, 3.63) is 63.9 Å². The number of pyridine rings is 1. The zero-order valence-corrected chi connectivity index (χ0v) is 12.8. The second kappa shape index (κ2) is 5.29. The maximum Gasteiger partial charge on any atom is 0.416 e. The summed E-state index contributed by atoms with van der Waals surface area (Å²) in [6.07, 6.45) is -2.58. The van der Waals surface area contributed by atoms with Crippen LogP contribution in [-0.2, 0) is 6.18 Å². The molecular weight excluding hydrogens is 390 g/mol. The van der Waals surface area contributed by atoms with Crippen LogP contribution in [-0.4, -0.2) is 4.98 Å². The van der Waals surface area contributed by atoms with Crippen molar-refractivity contribution >= 4 is 33.4 Å². The second-order valence-electron chi connectivity index (χ2n) is 4.58. The molecule has 3 aromatic rings. The Kier molecular flexibility index (Phi) is 3.61. The number of hydrogen-bond donors (Lipinski definition) is 0. The van der Waals surface area contributed by atoms with Gasteiger partial charge in [-0.15, -0.1) is 0 Å². The van der Waals surface area contributed by atoms with Crippen molar-refractivity contribution in [1.82, 2.24) is 4.98 Å². The Balaban J connectivity index is 2.10. The molecule has 0 amide bonds. The van der Waals surface area contributed by atoms with E-state index in [1.54, 1.807) is 6.20 Å². The Morgan fingerprint density at radius 1 is 0.905 bits per heavy atom. The highest BCUT2D eigenvalue weighted by Crippen LogP contribution is 2.33. The Hall–Kier alpha value is -1.63. The summed E-state index contributed by atoms with van der Waals surface area (Å²) in [5.41, 5.74) is 0.725. The monoisotopic (exact) mass is 399 g/mol. The molecule has 0 bridgehead atoms. The van der Waals surface area contributed by atoms with Crippen LogP contribution in [0.25, 0.3) is 22.0 Å². The predicted octanol–water partition coefficient (Wildman–Crippen LogP) is 5.53. The smallest absolute Gasteiger partial charge is 0.254 e. The maximum atomic E-state index is 12.6. The van der Waals surface area contributed by atoms with Crippen LogP contribution in [0.5, 0.6) is 0 Å². The molecular formula is C16H9F3IN. The van der Waals surface area contributed by atoms with Crippen LogP contribution < -0.4 is 0 Å². The summed E-state index contributed by atoms with van der Waals surface area (Å²) in [4.78, 5) is 4.38. The number of benzene rings is 2. The summed E-state index contributed by atoms with van der Waals surface area (Å²) >= 11 is 2.18. The molecule has 0 atom stereocenters. The van der Waals surface area contributed by atoms with Crippen molar-refractivity contribution in [2.75, 3.05) is 0 Å². The first-order valence-electron chi connectivity index (χ1n) is 6.18. The maximum absolute atomic E-state index is 12.6. The van der Waals surface area contributed by atoms with Crippen molar-refractivity contribution in [1.29, 1.82) is 0 Å². The van der Waals surface area contributed by atoms with Gasteiger partial charge in [0.15, 0.2) is 0 Å². The molecule has 0 saturated carbocycles. The zero-order valence-electron chi connectivity index (χ0n) is 10.7. The van der Waals surface area contributed by atoms with E-state index < -0.39 is 11.7 Å². The molecule has 1 nitrogen and oxygen atoms in total. The topological polar surface area (TPSA) is 12.9 Å². The quantitative estimate of drug-likeness (QED) is 0.491. The molecule has 0 radical (unpaired) electrons. The van der Waals surface area contributed by atoms with Gasteiger partial charge in [0.05, 0.1) is 11.3 Å². The fourth-order valence-corrected chi connectivity index (χ4v) is 3.09. The van der Waals surface area contributed by atoms with Crippen LogP contribution in [0.2, 0.25) is 0 Å². The molecule has 0 fully saturated rings. The van der Waals surface area contributed by atoms with E-state index in [2.05, 4.69) is 27.6 Å². The average molecular weight is 399 g/mol. The van der Waals surface area contributed by atoms with Crippen molar-refractivity contribution in [2.24, 2.45) is 0 Å². The van der Waals surface area contributed by atoms with E-state index >= 15 is 0 Å². The highest BCUT2D eigenvalue weighted by Gasteiger charge is 2.30. The van der Waals surface area contributed by atoms with Crippen LogP contribution >= 0.6 is 22.6 Å². The van der Waals surface area contributed by atoms with Gasteiger partial charge in [0.2, 0.25) is 0 Å². The lowest BCUT2D eigenvalue weighted by molar-refractivity contribution is -0.137. The fourth-order valence-electron chi connectivity index (χ4n) is 2.15.